The van der Waals surface area contributed by atoms with Crippen LogP contribution in [-0.2, 0) is 4.79 Å². The number of hydrogen-bond donors (Lipinski definition) is 2. The first-order valence-electron chi connectivity index (χ1n) is 6.39. The average Bonchev–Trinajstić information content (AvgIpc) is 2.47. The summed E-state index contributed by atoms with van der Waals surface area (Å²) in [5.41, 5.74) is 2.06. The highest BCUT2D eigenvalue weighted by Crippen LogP contribution is 2.11. The Morgan fingerprint density at radius 1 is 1.00 bits per heavy atom. The number of para-hydroxylation sites is 1. The van der Waals surface area contributed by atoms with Crippen molar-refractivity contribution in [2.24, 2.45) is 0 Å². The van der Waals surface area contributed by atoms with Crippen molar-refractivity contribution in [3.63, 3.8) is 0 Å². The molecule has 0 aliphatic heterocycles. The Labute approximate surface area is 113 Å². The predicted molar refractivity (Wildman–Crippen MR) is 77.9 cm³/mol. The molecule has 3 nitrogen and oxygen atoms in total. The van der Waals surface area contributed by atoms with Gasteiger partial charge >= 0.3 is 0 Å². The van der Waals surface area contributed by atoms with Crippen LogP contribution in [0, 0.1) is 0 Å². The summed E-state index contributed by atoms with van der Waals surface area (Å²) in [6.45, 7) is 2.26. The van der Waals surface area contributed by atoms with E-state index in [0.29, 0.717) is 0 Å². The third-order valence-corrected chi connectivity index (χ3v) is 2.90. The molecule has 0 aliphatic carbocycles. The summed E-state index contributed by atoms with van der Waals surface area (Å²) in [6, 6.07) is 19.6. The van der Waals surface area contributed by atoms with Crippen molar-refractivity contribution >= 4 is 11.6 Å². The molecule has 2 rings (SSSR count). The Hall–Kier alpha value is -2.29. The summed E-state index contributed by atoms with van der Waals surface area (Å²) in [5.74, 6) is -0.0137. The van der Waals surface area contributed by atoms with Gasteiger partial charge in [0.1, 0.15) is 0 Å². The van der Waals surface area contributed by atoms with Gasteiger partial charge in [-0.15, -0.1) is 0 Å². The largest absolute Gasteiger partial charge is 0.376 e. The van der Waals surface area contributed by atoms with Gasteiger partial charge in [0.25, 0.3) is 0 Å². The first-order valence-corrected chi connectivity index (χ1v) is 6.39. The number of benzene rings is 2. The van der Waals surface area contributed by atoms with Crippen LogP contribution >= 0.6 is 0 Å². The van der Waals surface area contributed by atoms with Gasteiger partial charge in [-0.3, -0.25) is 4.79 Å². The zero-order valence-corrected chi connectivity index (χ0v) is 11.0. The maximum absolute atomic E-state index is 11.8. The van der Waals surface area contributed by atoms with Gasteiger partial charge in [-0.05, 0) is 24.6 Å². The van der Waals surface area contributed by atoms with Crippen LogP contribution in [0.2, 0.25) is 0 Å². The lowest BCUT2D eigenvalue weighted by Gasteiger charge is -2.14. The smallest absolute Gasteiger partial charge is 0.239 e. The van der Waals surface area contributed by atoms with E-state index in [1.807, 2.05) is 67.6 Å². The van der Waals surface area contributed by atoms with E-state index in [4.69, 9.17) is 0 Å². The summed E-state index contributed by atoms with van der Waals surface area (Å²) in [4.78, 5) is 11.8. The molecule has 0 aromatic heterocycles. The van der Waals surface area contributed by atoms with Crippen LogP contribution in [0.3, 0.4) is 0 Å². The fourth-order valence-electron chi connectivity index (χ4n) is 1.86. The Morgan fingerprint density at radius 2 is 1.58 bits per heavy atom. The second kappa shape index (κ2) is 6.59. The van der Waals surface area contributed by atoms with Crippen molar-refractivity contribution in [2.45, 2.75) is 13.0 Å². The van der Waals surface area contributed by atoms with E-state index in [2.05, 4.69) is 10.6 Å². The highest BCUT2D eigenvalue weighted by molar-refractivity contribution is 5.81. The number of carbonyl (C=O) groups excluding carboxylic acids is 1. The maximum atomic E-state index is 11.8. The molecule has 2 aromatic carbocycles. The third kappa shape index (κ3) is 4.14. The molecular formula is C16H18N2O. The number of amides is 1. The van der Waals surface area contributed by atoms with Crippen molar-refractivity contribution in [1.29, 1.82) is 0 Å². The van der Waals surface area contributed by atoms with Crippen LogP contribution in [0.25, 0.3) is 0 Å². The molecule has 0 fully saturated rings. The zero-order chi connectivity index (χ0) is 13.5. The van der Waals surface area contributed by atoms with Crippen LogP contribution in [-0.4, -0.2) is 12.5 Å². The lowest BCUT2D eigenvalue weighted by atomic mass is 10.1. The Kier molecular flexibility index (Phi) is 4.56. The monoisotopic (exact) mass is 254 g/mol. The quantitative estimate of drug-likeness (QED) is 0.861. The van der Waals surface area contributed by atoms with Gasteiger partial charge in [0.15, 0.2) is 0 Å². The third-order valence-electron chi connectivity index (χ3n) is 2.90. The minimum absolute atomic E-state index is 0.0137. The van der Waals surface area contributed by atoms with Gasteiger partial charge in [-0.25, -0.2) is 0 Å². The second-order valence-corrected chi connectivity index (χ2v) is 4.42. The SMILES string of the molecule is C[C@H](NC(=O)CNc1ccccc1)c1ccccc1. The van der Waals surface area contributed by atoms with Crippen molar-refractivity contribution in [3.05, 3.63) is 66.2 Å². The van der Waals surface area contributed by atoms with Gasteiger partial charge < -0.3 is 10.6 Å². The van der Waals surface area contributed by atoms with Crippen molar-refractivity contribution < 1.29 is 4.79 Å². The Bertz CT molecular complexity index is 511. The van der Waals surface area contributed by atoms with Crippen LogP contribution < -0.4 is 10.6 Å². The maximum Gasteiger partial charge on any atom is 0.239 e. The molecule has 2 aromatic rings. The van der Waals surface area contributed by atoms with Gasteiger partial charge in [0.2, 0.25) is 5.91 Å². The standard InChI is InChI=1S/C16H18N2O/c1-13(14-8-4-2-5-9-14)18-16(19)12-17-15-10-6-3-7-11-15/h2-11,13,17H,12H2,1H3,(H,18,19)/t13-/m0/s1. The number of rotatable bonds is 5. The fourth-order valence-corrected chi connectivity index (χ4v) is 1.86. The molecule has 0 saturated carbocycles. The lowest BCUT2D eigenvalue weighted by molar-refractivity contribution is -0.120. The summed E-state index contributed by atoms with van der Waals surface area (Å²) in [6.07, 6.45) is 0. The summed E-state index contributed by atoms with van der Waals surface area (Å²) in [7, 11) is 0. The second-order valence-electron chi connectivity index (χ2n) is 4.42. The van der Waals surface area contributed by atoms with E-state index >= 15 is 0 Å². The van der Waals surface area contributed by atoms with E-state index in [-0.39, 0.29) is 18.5 Å². The number of nitrogens with one attached hydrogen (secondary N) is 2. The summed E-state index contributed by atoms with van der Waals surface area (Å²) >= 11 is 0. The molecule has 1 amide bonds. The first-order chi connectivity index (χ1) is 9.25. The number of anilines is 1. The molecule has 19 heavy (non-hydrogen) atoms. The van der Waals surface area contributed by atoms with Crippen LogP contribution in [0.4, 0.5) is 5.69 Å². The van der Waals surface area contributed by atoms with Gasteiger partial charge in [0.05, 0.1) is 12.6 Å². The highest BCUT2D eigenvalue weighted by Gasteiger charge is 2.08. The molecule has 0 aliphatic rings. The average molecular weight is 254 g/mol. The highest BCUT2D eigenvalue weighted by atomic mass is 16.1. The molecule has 0 spiro atoms. The topological polar surface area (TPSA) is 41.1 Å². The Balaban J connectivity index is 1.82. The molecule has 0 bridgehead atoms. The molecule has 0 saturated heterocycles. The lowest BCUT2D eigenvalue weighted by Crippen LogP contribution is -2.32. The van der Waals surface area contributed by atoms with Crippen LogP contribution in [0.1, 0.15) is 18.5 Å². The van der Waals surface area contributed by atoms with Crippen molar-refractivity contribution in [3.8, 4) is 0 Å². The van der Waals surface area contributed by atoms with E-state index in [9.17, 15) is 4.79 Å². The van der Waals surface area contributed by atoms with Crippen LogP contribution in [0.5, 0.6) is 0 Å². The zero-order valence-electron chi connectivity index (χ0n) is 11.0. The van der Waals surface area contributed by atoms with E-state index in [0.717, 1.165) is 11.3 Å². The van der Waals surface area contributed by atoms with E-state index in [1.54, 1.807) is 0 Å². The molecule has 3 heteroatoms. The van der Waals surface area contributed by atoms with Gasteiger partial charge in [-0.1, -0.05) is 48.5 Å². The van der Waals surface area contributed by atoms with E-state index in [1.165, 1.54) is 0 Å². The van der Waals surface area contributed by atoms with Gasteiger partial charge in [0, 0.05) is 5.69 Å². The first kappa shape index (κ1) is 13.1. The number of hydrogen-bond acceptors (Lipinski definition) is 2. The van der Waals surface area contributed by atoms with Crippen molar-refractivity contribution in [1.82, 2.24) is 5.32 Å². The van der Waals surface area contributed by atoms with Crippen molar-refractivity contribution in [2.75, 3.05) is 11.9 Å². The molecule has 0 heterocycles. The number of carbonyl (C=O) groups is 1. The minimum Gasteiger partial charge on any atom is -0.376 e. The van der Waals surface area contributed by atoms with Gasteiger partial charge in [-0.2, -0.15) is 0 Å². The summed E-state index contributed by atoms with van der Waals surface area (Å²) < 4.78 is 0. The fraction of sp³-hybridized carbons (Fsp3) is 0.188. The van der Waals surface area contributed by atoms with Crippen LogP contribution in [0.15, 0.2) is 60.7 Å². The minimum atomic E-state index is -0.0137. The molecule has 0 radical (unpaired) electrons. The Morgan fingerprint density at radius 3 is 2.21 bits per heavy atom. The molecule has 1 atom stereocenters. The summed E-state index contributed by atoms with van der Waals surface area (Å²) in [5, 5.41) is 6.05. The molecular weight excluding hydrogens is 236 g/mol. The molecule has 2 N–H and O–H groups in total. The molecule has 0 unspecified atom stereocenters. The normalized spacial score (nSPS) is 11.6. The molecule has 98 valence electrons. The van der Waals surface area contributed by atoms with E-state index < -0.39 is 0 Å². The predicted octanol–water partition coefficient (Wildman–Crippen LogP) is 2.98.